The van der Waals surface area contributed by atoms with Crippen LogP contribution in [0.2, 0.25) is 0 Å². The molecular formula is C74H144O17P2. The molecule has 552 valence electrons. The van der Waals surface area contributed by atoms with Gasteiger partial charge in [0, 0.05) is 25.7 Å². The molecule has 0 saturated carbocycles. The normalized spacial score (nSPS) is 14.3. The highest BCUT2D eigenvalue weighted by molar-refractivity contribution is 7.47. The Hall–Kier alpha value is -1.94. The summed E-state index contributed by atoms with van der Waals surface area (Å²) in [6.45, 7) is 9.61. The zero-order chi connectivity index (χ0) is 68.6. The summed E-state index contributed by atoms with van der Waals surface area (Å²) in [6.07, 6.45) is 52.5. The molecular weight excluding hydrogens is 1220 g/mol. The molecule has 17 nitrogen and oxygen atoms in total. The average Bonchev–Trinajstić information content (AvgIpc) is 1.54. The number of rotatable bonds is 73. The summed E-state index contributed by atoms with van der Waals surface area (Å²) in [6, 6.07) is 0. The monoisotopic (exact) mass is 1370 g/mol. The topological polar surface area (TPSA) is 237 Å². The molecule has 93 heavy (non-hydrogen) atoms. The minimum absolute atomic E-state index is 0.106. The van der Waals surface area contributed by atoms with Gasteiger partial charge in [-0.15, -0.1) is 0 Å². The Labute approximate surface area is 568 Å². The van der Waals surface area contributed by atoms with Crippen LogP contribution < -0.4 is 0 Å². The maximum Gasteiger partial charge on any atom is 0.472 e. The maximum absolute atomic E-state index is 13.1. The lowest BCUT2D eigenvalue weighted by Gasteiger charge is -2.21. The van der Waals surface area contributed by atoms with Gasteiger partial charge >= 0.3 is 39.5 Å². The number of carbonyl (C=O) groups excluding carboxylic acids is 4. The van der Waals surface area contributed by atoms with Crippen LogP contribution in [0, 0.1) is 11.8 Å². The second-order valence-electron chi connectivity index (χ2n) is 27.4. The summed E-state index contributed by atoms with van der Waals surface area (Å²) < 4.78 is 68.4. The molecule has 0 amide bonds. The first-order valence-electron chi connectivity index (χ1n) is 38.5. The Balaban J connectivity index is 5.24. The minimum Gasteiger partial charge on any atom is -0.462 e. The van der Waals surface area contributed by atoms with Crippen LogP contribution in [-0.4, -0.2) is 96.7 Å². The van der Waals surface area contributed by atoms with Gasteiger partial charge < -0.3 is 33.8 Å². The van der Waals surface area contributed by atoms with Crippen LogP contribution in [0.3, 0.4) is 0 Å². The predicted octanol–water partition coefficient (Wildman–Crippen LogP) is 21.6. The van der Waals surface area contributed by atoms with Crippen molar-refractivity contribution in [3.05, 3.63) is 0 Å². The quantitative estimate of drug-likeness (QED) is 0.0222. The van der Waals surface area contributed by atoms with Crippen molar-refractivity contribution < 1.29 is 80.2 Å². The Kier molecular flexibility index (Phi) is 64.6. The number of aliphatic hydroxyl groups excluding tert-OH is 1. The van der Waals surface area contributed by atoms with Crippen LogP contribution in [0.5, 0.6) is 0 Å². The van der Waals surface area contributed by atoms with Gasteiger partial charge in [0.2, 0.25) is 0 Å². The van der Waals surface area contributed by atoms with Crippen LogP contribution in [0.4, 0.5) is 0 Å². The van der Waals surface area contributed by atoms with Gasteiger partial charge in [0.25, 0.3) is 0 Å². The van der Waals surface area contributed by atoms with Crippen LogP contribution >= 0.6 is 15.6 Å². The number of esters is 4. The van der Waals surface area contributed by atoms with Crippen molar-refractivity contribution in [2.45, 2.75) is 400 Å². The molecule has 3 unspecified atom stereocenters. The van der Waals surface area contributed by atoms with Crippen molar-refractivity contribution in [1.29, 1.82) is 0 Å². The summed E-state index contributed by atoms with van der Waals surface area (Å²) in [4.78, 5) is 72.7. The summed E-state index contributed by atoms with van der Waals surface area (Å²) in [5.41, 5.74) is 0. The van der Waals surface area contributed by atoms with Crippen LogP contribution in [-0.2, 0) is 65.4 Å². The zero-order valence-electron chi connectivity index (χ0n) is 60.6. The Morgan fingerprint density at radius 1 is 0.312 bits per heavy atom. The van der Waals surface area contributed by atoms with Crippen molar-refractivity contribution >= 4 is 39.5 Å². The third-order valence-electron chi connectivity index (χ3n) is 17.6. The highest BCUT2D eigenvalue weighted by Gasteiger charge is 2.30. The van der Waals surface area contributed by atoms with E-state index in [9.17, 15) is 43.2 Å². The summed E-state index contributed by atoms with van der Waals surface area (Å²) in [5, 5.41) is 10.6. The summed E-state index contributed by atoms with van der Waals surface area (Å²) >= 11 is 0. The molecule has 0 aliphatic heterocycles. The molecule has 0 saturated heterocycles. The molecule has 0 fully saturated rings. The number of carbonyl (C=O) groups is 4. The maximum atomic E-state index is 13.1. The Bertz CT molecular complexity index is 1810. The van der Waals surface area contributed by atoms with Gasteiger partial charge in [-0.3, -0.25) is 37.3 Å². The number of phosphoric acid groups is 2. The van der Waals surface area contributed by atoms with E-state index in [4.69, 9.17) is 37.0 Å². The van der Waals surface area contributed by atoms with E-state index in [0.29, 0.717) is 25.7 Å². The average molecular weight is 1370 g/mol. The van der Waals surface area contributed by atoms with Crippen molar-refractivity contribution in [3.8, 4) is 0 Å². The third kappa shape index (κ3) is 67.0. The molecule has 0 aromatic heterocycles. The standard InChI is InChI=1S/C74H144O17P2/c1-7-10-12-14-16-18-20-23-27-33-39-45-51-57-72(77)85-63-69(90-73(78)58-52-46-40-34-28-25-22-21-24-26-31-37-43-49-55-67(6)9-3)64-88-92(80,81)86-60-68(75)61-87-93(82,83)89-65-70(62-84-71(76)56-50-44-38-32-19-17-15-13-11-8-2)91-74(79)59-53-47-41-35-29-30-36-42-48-54-66(4)5/h66-70,75H,7-65H2,1-6H3,(H,80,81)(H,82,83)/t67?,68-,69-,70-/m1/s1. The minimum atomic E-state index is -4.95. The molecule has 0 heterocycles. The van der Waals surface area contributed by atoms with E-state index in [-0.39, 0.29) is 25.7 Å². The first-order valence-corrected chi connectivity index (χ1v) is 41.5. The van der Waals surface area contributed by atoms with Gasteiger partial charge in [0.05, 0.1) is 26.4 Å². The van der Waals surface area contributed by atoms with E-state index in [1.807, 2.05) is 0 Å². The molecule has 0 radical (unpaired) electrons. The first kappa shape index (κ1) is 91.1. The van der Waals surface area contributed by atoms with Crippen molar-refractivity contribution in [1.82, 2.24) is 0 Å². The molecule has 0 spiro atoms. The second-order valence-corrected chi connectivity index (χ2v) is 30.3. The van der Waals surface area contributed by atoms with Crippen molar-refractivity contribution in [2.24, 2.45) is 11.8 Å². The number of unbranched alkanes of at least 4 members (excludes halogenated alkanes) is 42. The van der Waals surface area contributed by atoms with Gasteiger partial charge in [-0.1, -0.05) is 330 Å². The molecule has 0 rings (SSSR count). The SMILES string of the molecule is CCCCCCCCCCCCCCCC(=O)OC[C@H](COP(=O)(O)OC[C@@H](O)COP(=O)(O)OC[C@@H](COC(=O)CCCCCCCCCCCC)OC(=O)CCCCCCCCCCCC(C)C)OC(=O)CCCCCCCCCCCCCCCCC(C)CC. The first-order chi connectivity index (χ1) is 44.9. The number of hydrogen-bond donors (Lipinski definition) is 3. The van der Waals surface area contributed by atoms with E-state index < -0.39 is 97.5 Å². The van der Waals surface area contributed by atoms with Crippen LogP contribution in [0.15, 0.2) is 0 Å². The lowest BCUT2D eigenvalue weighted by atomic mass is 9.99. The van der Waals surface area contributed by atoms with E-state index in [2.05, 4.69) is 41.5 Å². The highest BCUT2D eigenvalue weighted by Crippen LogP contribution is 2.45. The van der Waals surface area contributed by atoms with Gasteiger partial charge in [0.1, 0.15) is 19.3 Å². The number of aliphatic hydroxyl groups is 1. The Morgan fingerprint density at radius 3 is 0.817 bits per heavy atom. The largest absolute Gasteiger partial charge is 0.472 e. The van der Waals surface area contributed by atoms with E-state index >= 15 is 0 Å². The summed E-state index contributed by atoms with van der Waals surface area (Å²) in [7, 11) is -9.91. The molecule has 6 atom stereocenters. The summed E-state index contributed by atoms with van der Waals surface area (Å²) in [5.74, 6) is -0.535. The number of phosphoric ester groups is 2. The lowest BCUT2D eigenvalue weighted by molar-refractivity contribution is -0.161. The molecule has 0 aliphatic rings. The molecule has 0 bridgehead atoms. The van der Waals surface area contributed by atoms with E-state index in [1.54, 1.807) is 0 Å². The van der Waals surface area contributed by atoms with Gasteiger partial charge in [0.15, 0.2) is 12.2 Å². The second kappa shape index (κ2) is 66.0. The fourth-order valence-electron chi connectivity index (χ4n) is 11.3. The number of hydrogen-bond acceptors (Lipinski definition) is 15. The molecule has 0 aromatic carbocycles. The van der Waals surface area contributed by atoms with Gasteiger partial charge in [-0.25, -0.2) is 9.13 Å². The Morgan fingerprint density at radius 2 is 0.548 bits per heavy atom. The zero-order valence-corrected chi connectivity index (χ0v) is 62.3. The van der Waals surface area contributed by atoms with E-state index in [0.717, 1.165) is 102 Å². The van der Waals surface area contributed by atoms with Gasteiger partial charge in [-0.2, -0.15) is 0 Å². The van der Waals surface area contributed by atoms with Crippen LogP contribution in [0.1, 0.15) is 382 Å². The smallest absolute Gasteiger partial charge is 0.462 e. The van der Waals surface area contributed by atoms with Crippen molar-refractivity contribution in [2.75, 3.05) is 39.6 Å². The molecule has 19 heteroatoms. The number of ether oxygens (including phenoxy) is 4. The van der Waals surface area contributed by atoms with Crippen LogP contribution in [0.25, 0.3) is 0 Å². The van der Waals surface area contributed by atoms with Crippen molar-refractivity contribution in [3.63, 3.8) is 0 Å². The molecule has 0 aromatic rings. The predicted molar refractivity (Wildman–Crippen MR) is 377 cm³/mol. The lowest BCUT2D eigenvalue weighted by Crippen LogP contribution is -2.30. The molecule has 3 N–H and O–H groups in total. The van der Waals surface area contributed by atoms with E-state index in [1.165, 1.54) is 199 Å². The fourth-order valence-corrected chi connectivity index (χ4v) is 12.8. The third-order valence-corrected chi connectivity index (χ3v) is 19.5. The highest BCUT2D eigenvalue weighted by atomic mass is 31.2. The van der Waals surface area contributed by atoms with Gasteiger partial charge in [-0.05, 0) is 37.5 Å². The molecule has 0 aliphatic carbocycles. The fraction of sp³-hybridized carbons (Fsp3) is 0.946.